The number of ether oxygens (including phenoxy) is 2. The summed E-state index contributed by atoms with van der Waals surface area (Å²) in [4.78, 5) is 12.6. The van der Waals surface area contributed by atoms with Crippen molar-refractivity contribution in [1.29, 1.82) is 0 Å². The number of nitrogens with zero attached hydrogens (tertiary/aromatic N) is 1. The molecule has 1 amide bonds. The van der Waals surface area contributed by atoms with Crippen LogP contribution in [0.15, 0.2) is 48.5 Å². The van der Waals surface area contributed by atoms with Crippen LogP contribution in [-0.4, -0.2) is 34.4 Å². The summed E-state index contributed by atoms with van der Waals surface area (Å²) in [6.07, 6.45) is 0.843. The molecule has 0 aliphatic carbocycles. The number of benzene rings is 2. The number of carbonyl (C=O) groups excluding carboxylic acids is 1. The first-order chi connectivity index (χ1) is 13.6. The average Bonchev–Trinajstić information content (AvgIpc) is 3.07. The monoisotopic (exact) mass is 379 g/mol. The standard InChI is InChI=1S/C21H21N3O4/c1-13(14-7-8-19-20(11-14)28-10-4-9-27-19)22-21(26)17-12-16(23-24-17)15-5-2-3-6-18(15)25/h2-3,5-8,11-13,25H,4,9-10H2,1H3,(H,22,26)(H,23,24)/t13-/m1/s1. The van der Waals surface area contributed by atoms with Crippen molar-refractivity contribution in [2.75, 3.05) is 13.2 Å². The van der Waals surface area contributed by atoms with Gasteiger partial charge < -0.3 is 19.9 Å². The molecular formula is C21H21N3O4. The molecule has 2 heterocycles. The number of para-hydroxylation sites is 1. The van der Waals surface area contributed by atoms with Gasteiger partial charge in [0.05, 0.1) is 24.9 Å². The molecule has 1 aromatic heterocycles. The van der Waals surface area contributed by atoms with E-state index in [-0.39, 0.29) is 17.7 Å². The van der Waals surface area contributed by atoms with Gasteiger partial charge in [0.25, 0.3) is 5.91 Å². The summed E-state index contributed by atoms with van der Waals surface area (Å²) >= 11 is 0. The zero-order valence-corrected chi connectivity index (χ0v) is 15.4. The smallest absolute Gasteiger partial charge is 0.269 e. The lowest BCUT2D eigenvalue weighted by atomic mass is 10.1. The fourth-order valence-electron chi connectivity index (χ4n) is 3.07. The van der Waals surface area contributed by atoms with Crippen molar-refractivity contribution < 1.29 is 19.4 Å². The van der Waals surface area contributed by atoms with Crippen LogP contribution >= 0.6 is 0 Å². The minimum Gasteiger partial charge on any atom is -0.507 e. The highest BCUT2D eigenvalue weighted by Gasteiger charge is 2.18. The van der Waals surface area contributed by atoms with E-state index in [1.165, 1.54) is 0 Å². The molecule has 1 aliphatic heterocycles. The molecule has 0 saturated carbocycles. The van der Waals surface area contributed by atoms with Gasteiger partial charge in [-0.2, -0.15) is 5.10 Å². The van der Waals surface area contributed by atoms with Gasteiger partial charge in [-0.3, -0.25) is 9.89 Å². The molecule has 4 rings (SSSR count). The molecule has 0 unspecified atom stereocenters. The lowest BCUT2D eigenvalue weighted by Gasteiger charge is -2.16. The van der Waals surface area contributed by atoms with Crippen molar-refractivity contribution in [3.63, 3.8) is 0 Å². The second-order valence-electron chi connectivity index (χ2n) is 6.64. The van der Waals surface area contributed by atoms with E-state index in [0.29, 0.717) is 35.9 Å². The number of rotatable bonds is 4. The Morgan fingerprint density at radius 1 is 1.14 bits per heavy atom. The first-order valence-electron chi connectivity index (χ1n) is 9.16. The molecule has 0 radical (unpaired) electrons. The van der Waals surface area contributed by atoms with Gasteiger partial charge in [-0.1, -0.05) is 18.2 Å². The Labute approximate surface area is 162 Å². The largest absolute Gasteiger partial charge is 0.507 e. The molecule has 0 fully saturated rings. The van der Waals surface area contributed by atoms with Gasteiger partial charge in [-0.05, 0) is 42.8 Å². The fraction of sp³-hybridized carbons (Fsp3) is 0.238. The minimum atomic E-state index is -0.284. The molecule has 3 aromatic rings. The molecule has 3 N–H and O–H groups in total. The van der Waals surface area contributed by atoms with Crippen LogP contribution in [0.1, 0.15) is 35.4 Å². The average molecular weight is 379 g/mol. The Morgan fingerprint density at radius 2 is 1.93 bits per heavy atom. The molecule has 1 atom stereocenters. The molecule has 0 saturated heterocycles. The van der Waals surface area contributed by atoms with E-state index in [2.05, 4.69) is 15.5 Å². The van der Waals surface area contributed by atoms with Gasteiger partial charge in [0.15, 0.2) is 11.5 Å². The Bertz CT molecular complexity index is 999. The summed E-state index contributed by atoms with van der Waals surface area (Å²) in [6.45, 7) is 3.15. The number of aromatic nitrogens is 2. The van der Waals surface area contributed by atoms with Crippen LogP contribution in [0.4, 0.5) is 0 Å². The van der Waals surface area contributed by atoms with Crippen LogP contribution in [-0.2, 0) is 0 Å². The second kappa shape index (κ2) is 7.64. The SMILES string of the molecule is C[C@@H](NC(=O)c1cc(-c2ccccc2O)n[nH]1)c1ccc2c(c1)OCCCO2. The molecule has 144 valence electrons. The first-order valence-corrected chi connectivity index (χ1v) is 9.16. The molecular weight excluding hydrogens is 358 g/mol. The summed E-state index contributed by atoms with van der Waals surface area (Å²) in [5.41, 5.74) is 2.30. The summed E-state index contributed by atoms with van der Waals surface area (Å²) < 4.78 is 11.4. The van der Waals surface area contributed by atoms with Crippen molar-refractivity contribution in [2.45, 2.75) is 19.4 Å². The van der Waals surface area contributed by atoms with E-state index in [0.717, 1.165) is 17.7 Å². The van der Waals surface area contributed by atoms with E-state index < -0.39 is 0 Å². The number of nitrogens with one attached hydrogen (secondary N) is 2. The Hall–Kier alpha value is -3.48. The van der Waals surface area contributed by atoms with Gasteiger partial charge in [-0.25, -0.2) is 0 Å². The van der Waals surface area contributed by atoms with E-state index in [9.17, 15) is 9.90 Å². The van der Waals surface area contributed by atoms with Gasteiger partial charge in [-0.15, -0.1) is 0 Å². The number of phenolic OH excluding ortho intramolecular Hbond substituents is 1. The van der Waals surface area contributed by atoms with Crippen LogP contribution < -0.4 is 14.8 Å². The number of carbonyl (C=O) groups is 1. The van der Waals surface area contributed by atoms with E-state index >= 15 is 0 Å². The van der Waals surface area contributed by atoms with E-state index in [1.807, 2.05) is 25.1 Å². The normalized spacial score (nSPS) is 14.2. The summed E-state index contributed by atoms with van der Waals surface area (Å²) in [6, 6.07) is 13.9. The number of amides is 1. The van der Waals surface area contributed by atoms with Crippen molar-refractivity contribution in [3.05, 3.63) is 59.8 Å². The maximum absolute atomic E-state index is 12.6. The highest BCUT2D eigenvalue weighted by Crippen LogP contribution is 2.32. The molecule has 0 bridgehead atoms. The third-order valence-corrected chi connectivity index (χ3v) is 4.62. The van der Waals surface area contributed by atoms with Gasteiger partial charge in [0.1, 0.15) is 11.4 Å². The van der Waals surface area contributed by atoms with Crippen molar-refractivity contribution in [1.82, 2.24) is 15.5 Å². The van der Waals surface area contributed by atoms with E-state index in [4.69, 9.17) is 9.47 Å². The van der Waals surface area contributed by atoms with Crippen molar-refractivity contribution in [2.24, 2.45) is 0 Å². The lowest BCUT2D eigenvalue weighted by molar-refractivity contribution is 0.0934. The summed E-state index contributed by atoms with van der Waals surface area (Å²) in [5.74, 6) is 1.25. The lowest BCUT2D eigenvalue weighted by Crippen LogP contribution is -2.27. The maximum atomic E-state index is 12.6. The van der Waals surface area contributed by atoms with Gasteiger partial charge in [0.2, 0.25) is 0 Å². The van der Waals surface area contributed by atoms with Crippen LogP contribution in [0.2, 0.25) is 0 Å². The third kappa shape index (κ3) is 3.64. The quantitative estimate of drug-likeness (QED) is 0.645. The predicted molar refractivity (Wildman–Crippen MR) is 104 cm³/mol. The minimum absolute atomic E-state index is 0.113. The topological polar surface area (TPSA) is 96.5 Å². The molecule has 2 aromatic carbocycles. The highest BCUT2D eigenvalue weighted by atomic mass is 16.5. The van der Waals surface area contributed by atoms with Crippen molar-refractivity contribution >= 4 is 5.91 Å². The third-order valence-electron chi connectivity index (χ3n) is 4.62. The molecule has 7 nitrogen and oxygen atoms in total. The Kier molecular flexibility index (Phi) is 4.89. The van der Waals surface area contributed by atoms with Gasteiger partial charge >= 0.3 is 0 Å². The fourth-order valence-corrected chi connectivity index (χ4v) is 3.07. The predicted octanol–water partition coefficient (Wildman–Crippen LogP) is 3.43. The highest BCUT2D eigenvalue weighted by molar-refractivity contribution is 5.93. The first kappa shape index (κ1) is 17.9. The Balaban J connectivity index is 1.48. The number of hydrogen-bond acceptors (Lipinski definition) is 5. The zero-order valence-electron chi connectivity index (χ0n) is 15.4. The molecule has 7 heteroatoms. The molecule has 28 heavy (non-hydrogen) atoms. The second-order valence-corrected chi connectivity index (χ2v) is 6.64. The zero-order chi connectivity index (χ0) is 19.5. The van der Waals surface area contributed by atoms with Crippen LogP contribution in [0.3, 0.4) is 0 Å². The summed E-state index contributed by atoms with van der Waals surface area (Å²) in [7, 11) is 0. The molecule has 0 spiro atoms. The number of H-pyrrole nitrogens is 1. The van der Waals surface area contributed by atoms with Gasteiger partial charge in [0, 0.05) is 12.0 Å². The summed E-state index contributed by atoms with van der Waals surface area (Å²) in [5, 5.41) is 19.8. The molecule has 1 aliphatic rings. The number of phenols is 1. The van der Waals surface area contributed by atoms with Crippen LogP contribution in [0.25, 0.3) is 11.3 Å². The van der Waals surface area contributed by atoms with Crippen molar-refractivity contribution in [3.8, 4) is 28.5 Å². The number of aromatic hydroxyl groups is 1. The van der Waals surface area contributed by atoms with Crippen LogP contribution in [0.5, 0.6) is 17.2 Å². The number of hydrogen-bond donors (Lipinski definition) is 3. The van der Waals surface area contributed by atoms with Crippen LogP contribution in [0, 0.1) is 0 Å². The number of fused-ring (bicyclic) bond motifs is 1. The Morgan fingerprint density at radius 3 is 2.75 bits per heavy atom. The van der Waals surface area contributed by atoms with E-state index in [1.54, 1.807) is 30.3 Å². The maximum Gasteiger partial charge on any atom is 0.269 e. The number of aromatic amines is 1.